The minimum Gasteiger partial charge on any atom is -0.462 e. The van der Waals surface area contributed by atoms with Crippen LogP contribution in [0.15, 0.2) is 48.6 Å². The predicted molar refractivity (Wildman–Crippen MR) is 293 cm³/mol. The summed E-state index contributed by atoms with van der Waals surface area (Å²) < 4.78 is 16.8. The van der Waals surface area contributed by atoms with Gasteiger partial charge in [-0.15, -0.1) is 0 Å². The van der Waals surface area contributed by atoms with E-state index in [9.17, 15) is 14.4 Å². The van der Waals surface area contributed by atoms with Crippen molar-refractivity contribution in [1.82, 2.24) is 0 Å². The summed E-state index contributed by atoms with van der Waals surface area (Å²) in [4.78, 5) is 38.1. The molecule has 0 bridgehead atoms. The van der Waals surface area contributed by atoms with Gasteiger partial charge in [-0.05, 0) is 57.8 Å². The summed E-state index contributed by atoms with van der Waals surface area (Å²) in [7, 11) is 0. The molecule has 0 aliphatic heterocycles. The monoisotopic (exact) mass is 953 g/mol. The van der Waals surface area contributed by atoms with Gasteiger partial charge in [0.25, 0.3) is 0 Å². The van der Waals surface area contributed by atoms with E-state index in [1.165, 1.54) is 199 Å². The molecule has 0 radical (unpaired) electrons. The molecule has 0 aromatic heterocycles. The smallest absolute Gasteiger partial charge is 0.306 e. The fourth-order valence-electron chi connectivity index (χ4n) is 8.61. The molecule has 0 rings (SSSR count). The number of allylic oxidation sites excluding steroid dienone is 8. The predicted octanol–water partition coefficient (Wildman–Crippen LogP) is 19.8. The van der Waals surface area contributed by atoms with Gasteiger partial charge >= 0.3 is 17.9 Å². The maximum atomic E-state index is 12.9. The SMILES string of the molecule is CCCCC/C=C\C/C=C\C/C=C\C/C=C\CCCC(=O)OC[C@H](COC(=O)CCCCCCCCCCCCCC)OC(=O)CCCCCCCCCCCCCCCCCCCCCCC. The molecule has 0 spiro atoms. The van der Waals surface area contributed by atoms with E-state index in [-0.39, 0.29) is 37.5 Å². The lowest BCUT2D eigenvalue weighted by atomic mass is 10.0. The molecular weight excluding hydrogens is 841 g/mol. The third kappa shape index (κ3) is 54.3. The van der Waals surface area contributed by atoms with Crippen LogP contribution >= 0.6 is 0 Å². The van der Waals surface area contributed by atoms with Crippen LogP contribution in [0.2, 0.25) is 0 Å². The number of unbranched alkanes of at least 4 members (excludes halogenated alkanes) is 35. The maximum absolute atomic E-state index is 12.9. The van der Waals surface area contributed by atoms with Crippen molar-refractivity contribution in [2.24, 2.45) is 0 Å². The highest BCUT2D eigenvalue weighted by Gasteiger charge is 2.19. The summed E-state index contributed by atoms with van der Waals surface area (Å²) >= 11 is 0. The minimum atomic E-state index is -0.791. The first-order valence-electron chi connectivity index (χ1n) is 29.6. The van der Waals surface area contributed by atoms with Crippen molar-refractivity contribution in [3.63, 3.8) is 0 Å². The molecular formula is C62H112O6. The van der Waals surface area contributed by atoms with Gasteiger partial charge in [0.2, 0.25) is 0 Å². The lowest BCUT2D eigenvalue weighted by Crippen LogP contribution is -2.30. The maximum Gasteiger partial charge on any atom is 0.306 e. The van der Waals surface area contributed by atoms with Crippen molar-refractivity contribution < 1.29 is 28.6 Å². The quantitative estimate of drug-likeness (QED) is 0.0262. The molecule has 6 heteroatoms. The van der Waals surface area contributed by atoms with Gasteiger partial charge in [-0.25, -0.2) is 0 Å². The Morgan fingerprint density at radius 1 is 0.294 bits per heavy atom. The fourth-order valence-corrected chi connectivity index (χ4v) is 8.61. The number of hydrogen-bond donors (Lipinski definition) is 0. The lowest BCUT2D eigenvalue weighted by Gasteiger charge is -2.18. The molecule has 0 aliphatic carbocycles. The van der Waals surface area contributed by atoms with Gasteiger partial charge < -0.3 is 14.2 Å². The Balaban J connectivity index is 4.36. The summed E-state index contributed by atoms with van der Waals surface area (Å²) in [6, 6.07) is 0. The van der Waals surface area contributed by atoms with Gasteiger partial charge in [-0.3, -0.25) is 14.4 Å². The third-order valence-electron chi connectivity index (χ3n) is 13.1. The van der Waals surface area contributed by atoms with Crippen LogP contribution in [-0.2, 0) is 28.6 Å². The molecule has 0 aromatic rings. The highest BCUT2D eigenvalue weighted by molar-refractivity contribution is 5.71. The zero-order valence-electron chi connectivity index (χ0n) is 45.4. The Morgan fingerprint density at radius 2 is 0.544 bits per heavy atom. The number of rotatable bonds is 54. The molecule has 0 unspecified atom stereocenters. The van der Waals surface area contributed by atoms with Crippen molar-refractivity contribution in [3.05, 3.63) is 48.6 Å². The molecule has 0 saturated heterocycles. The van der Waals surface area contributed by atoms with Crippen molar-refractivity contribution in [1.29, 1.82) is 0 Å². The Labute approximate surface area is 422 Å². The first kappa shape index (κ1) is 65.4. The molecule has 6 nitrogen and oxygen atoms in total. The van der Waals surface area contributed by atoms with Crippen LogP contribution in [0.5, 0.6) is 0 Å². The van der Waals surface area contributed by atoms with Gasteiger partial charge in [-0.2, -0.15) is 0 Å². The molecule has 0 amide bonds. The van der Waals surface area contributed by atoms with E-state index in [0.717, 1.165) is 64.2 Å². The molecule has 1 atom stereocenters. The summed E-state index contributed by atoms with van der Waals surface area (Å²) in [5.41, 5.74) is 0. The molecule has 396 valence electrons. The molecule has 0 aliphatic rings. The number of carbonyl (C=O) groups is 3. The topological polar surface area (TPSA) is 78.9 Å². The van der Waals surface area contributed by atoms with Crippen LogP contribution < -0.4 is 0 Å². The second-order valence-corrected chi connectivity index (χ2v) is 19.9. The normalized spacial score (nSPS) is 12.3. The van der Waals surface area contributed by atoms with Crippen molar-refractivity contribution >= 4 is 17.9 Å². The van der Waals surface area contributed by atoms with E-state index in [2.05, 4.69) is 69.4 Å². The van der Waals surface area contributed by atoms with Crippen molar-refractivity contribution in [2.75, 3.05) is 13.2 Å². The Kier molecular flexibility index (Phi) is 54.8. The zero-order chi connectivity index (χ0) is 49.3. The van der Waals surface area contributed by atoms with E-state index in [1.807, 2.05) is 0 Å². The average molecular weight is 954 g/mol. The number of hydrogen-bond acceptors (Lipinski definition) is 6. The van der Waals surface area contributed by atoms with Crippen LogP contribution in [0.4, 0.5) is 0 Å². The summed E-state index contributed by atoms with van der Waals surface area (Å²) in [6.07, 6.45) is 69.7. The van der Waals surface area contributed by atoms with E-state index in [1.54, 1.807) is 0 Å². The van der Waals surface area contributed by atoms with E-state index in [4.69, 9.17) is 14.2 Å². The highest BCUT2D eigenvalue weighted by Crippen LogP contribution is 2.17. The Hall–Kier alpha value is -2.63. The minimum absolute atomic E-state index is 0.0857. The van der Waals surface area contributed by atoms with Crippen LogP contribution in [-0.4, -0.2) is 37.2 Å². The molecule has 0 aromatic carbocycles. The summed E-state index contributed by atoms with van der Waals surface area (Å²) in [5.74, 6) is -0.927. The summed E-state index contributed by atoms with van der Waals surface area (Å²) in [5, 5.41) is 0. The van der Waals surface area contributed by atoms with Crippen LogP contribution in [0.1, 0.15) is 310 Å². The first-order chi connectivity index (χ1) is 33.5. The van der Waals surface area contributed by atoms with Crippen LogP contribution in [0.3, 0.4) is 0 Å². The Bertz CT molecular complexity index is 1190. The summed E-state index contributed by atoms with van der Waals surface area (Å²) in [6.45, 7) is 6.60. The Morgan fingerprint density at radius 3 is 0.882 bits per heavy atom. The van der Waals surface area contributed by atoms with E-state index in [0.29, 0.717) is 19.3 Å². The third-order valence-corrected chi connectivity index (χ3v) is 13.1. The molecule has 0 fully saturated rings. The molecule has 0 heterocycles. The second kappa shape index (κ2) is 57.0. The van der Waals surface area contributed by atoms with Gasteiger partial charge in [0.15, 0.2) is 6.10 Å². The first-order valence-corrected chi connectivity index (χ1v) is 29.6. The highest BCUT2D eigenvalue weighted by atomic mass is 16.6. The van der Waals surface area contributed by atoms with E-state index >= 15 is 0 Å². The van der Waals surface area contributed by atoms with Gasteiger partial charge in [0.05, 0.1) is 0 Å². The van der Waals surface area contributed by atoms with Crippen LogP contribution in [0.25, 0.3) is 0 Å². The zero-order valence-corrected chi connectivity index (χ0v) is 45.4. The fraction of sp³-hybridized carbons (Fsp3) is 0.823. The van der Waals surface area contributed by atoms with Gasteiger partial charge in [0.1, 0.15) is 13.2 Å². The van der Waals surface area contributed by atoms with E-state index < -0.39 is 6.10 Å². The lowest BCUT2D eigenvalue weighted by molar-refractivity contribution is -0.167. The number of ether oxygens (including phenoxy) is 3. The number of carbonyl (C=O) groups excluding carboxylic acids is 3. The van der Waals surface area contributed by atoms with Crippen molar-refractivity contribution in [3.8, 4) is 0 Å². The van der Waals surface area contributed by atoms with Gasteiger partial charge in [0, 0.05) is 19.3 Å². The second-order valence-electron chi connectivity index (χ2n) is 19.9. The number of esters is 3. The largest absolute Gasteiger partial charge is 0.462 e. The average Bonchev–Trinajstić information content (AvgIpc) is 3.34. The standard InChI is InChI=1S/C62H112O6/c1-4-7-10-13-16-19-22-25-27-29-30-31-32-34-36-38-41-44-47-50-53-56-62(65)68-59(57-66-60(63)54-51-48-45-42-39-24-21-18-15-12-9-6-3)58-67-61(64)55-52-49-46-43-40-37-35-33-28-26-23-20-17-14-11-8-5-2/h17,20,26,28,35,37,43,46,59H,4-16,18-19,21-25,27,29-34,36,38-42,44-45,47-58H2,1-3H3/b20-17-,28-26-,37-35-,46-43-/t59-/m0/s1. The van der Waals surface area contributed by atoms with Crippen LogP contribution in [0, 0.1) is 0 Å². The van der Waals surface area contributed by atoms with Gasteiger partial charge in [-0.1, -0.05) is 281 Å². The van der Waals surface area contributed by atoms with Crippen molar-refractivity contribution in [2.45, 2.75) is 316 Å². The molecule has 0 N–H and O–H groups in total. The molecule has 0 saturated carbocycles. The molecule has 68 heavy (non-hydrogen) atoms.